The lowest BCUT2D eigenvalue weighted by Gasteiger charge is -2.27. The third-order valence-corrected chi connectivity index (χ3v) is 4.72. The molecule has 0 aromatic heterocycles. The lowest BCUT2D eigenvalue weighted by atomic mass is 9.95. The molecule has 1 aliphatic carbocycles. The Balaban J connectivity index is 2.17. The van der Waals surface area contributed by atoms with Gasteiger partial charge in [-0.2, -0.15) is 0 Å². The second kappa shape index (κ2) is 1.98. The summed E-state index contributed by atoms with van der Waals surface area (Å²) in [4.78, 5) is 0. The highest BCUT2D eigenvalue weighted by molar-refractivity contribution is 7.91. The first-order valence-corrected chi connectivity index (χ1v) is 5.82. The molecule has 0 amide bonds. The maximum Gasteiger partial charge on any atom is 0.151 e. The Morgan fingerprint density at radius 2 is 1.91 bits per heavy atom. The van der Waals surface area contributed by atoms with Gasteiger partial charge in [-0.3, -0.25) is 0 Å². The van der Waals surface area contributed by atoms with Crippen molar-refractivity contribution in [2.24, 2.45) is 11.1 Å². The fourth-order valence-electron chi connectivity index (χ4n) is 1.86. The van der Waals surface area contributed by atoms with Gasteiger partial charge in [0.1, 0.15) is 0 Å². The fourth-order valence-corrected chi connectivity index (χ4v) is 3.64. The molecule has 1 spiro atoms. The normalized spacial score (nSPS) is 38.8. The first-order chi connectivity index (χ1) is 5.04. The van der Waals surface area contributed by atoms with Crippen LogP contribution in [0.15, 0.2) is 0 Å². The minimum atomic E-state index is -2.79. The zero-order valence-corrected chi connectivity index (χ0v) is 7.23. The molecule has 2 fully saturated rings. The molecule has 11 heavy (non-hydrogen) atoms. The molecule has 1 saturated heterocycles. The molecule has 0 bridgehead atoms. The van der Waals surface area contributed by atoms with Gasteiger partial charge in [-0.25, -0.2) is 8.42 Å². The average Bonchev–Trinajstić information content (AvgIpc) is 2.60. The first-order valence-electron chi connectivity index (χ1n) is 4.00. The van der Waals surface area contributed by atoms with Crippen LogP contribution in [0.5, 0.6) is 0 Å². The monoisotopic (exact) mass is 175 g/mol. The van der Waals surface area contributed by atoms with Crippen LogP contribution < -0.4 is 5.73 Å². The van der Waals surface area contributed by atoms with E-state index in [9.17, 15) is 8.42 Å². The number of sulfone groups is 1. The molecule has 2 aliphatic rings. The summed E-state index contributed by atoms with van der Waals surface area (Å²) in [5.74, 6) is 0.577. The van der Waals surface area contributed by atoms with E-state index in [-0.39, 0.29) is 17.2 Å². The molecule has 2 rings (SSSR count). The summed E-state index contributed by atoms with van der Waals surface area (Å²) < 4.78 is 22.2. The van der Waals surface area contributed by atoms with Gasteiger partial charge >= 0.3 is 0 Å². The molecule has 1 aliphatic heterocycles. The highest BCUT2D eigenvalue weighted by atomic mass is 32.2. The van der Waals surface area contributed by atoms with Crippen molar-refractivity contribution in [1.29, 1.82) is 0 Å². The van der Waals surface area contributed by atoms with Crippen LogP contribution in [0.2, 0.25) is 0 Å². The van der Waals surface area contributed by atoms with E-state index in [0.29, 0.717) is 5.75 Å². The summed E-state index contributed by atoms with van der Waals surface area (Å²) in [5.41, 5.74) is 6.01. The fraction of sp³-hybridized carbons (Fsp3) is 1.00. The minimum Gasteiger partial charge on any atom is -0.326 e. The molecule has 64 valence electrons. The maximum absolute atomic E-state index is 11.1. The van der Waals surface area contributed by atoms with E-state index in [0.717, 1.165) is 19.3 Å². The van der Waals surface area contributed by atoms with Gasteiger partial charge in [0, 0.05) is 6.04 Å². The highest BCUT2D eigenvalue weighted by Gasteiger charge is 2.51. The Hall–Kier alpha value is -0.0900. The van der Waals surface area contributed by atoms with E-state index in [1.807, 2.05) is 0 Å². The van der Waals surface area contributed by atoms with E-state index in [4.69, 9.17) is 5.73 Å². The molecular weight excluding hydrogens is 162 g/mol. The maximum atomic E-state index is 11.1. The van der Waals surface area contributed by atoms with Gasteiger partial charge in [-0.1, -0.05) is 0 Å². The van der Waals surface area contributed by atoms with Crippen molar-refractivity contribution in [3.8, 4) is 0 Å². The molecule has 1 unspecified atom stereocenters. The largest absolute Gasteiger partial charge is 0.326 e. The van der Waals surface area contributed by atoms with Gasteiger partial charge in [0.15, 0.2) is 9.84 Å². The van der Waals surface area contributed by atoms with E-state index in [2.05, 4.69) is 0 Å². The van der Waals surface area contributed by atoms with Crippen molar-refractivity contribution in [3.05, 3.63) is 0 Å². The van der Waals surface area contributed by atoms with Crippen molar-refractivity contribution >= 4 is 9.84 Å². The first kappa shape index (κ1) is 7.55. The number of hydrogen-bond acceptors (Lipinski definition) is 3. The van der Waals surface area contributed by atoms with Crippen molar-refractivity contribution in [2.45, 2.75) is 25.3 Å². The van der Waals surface area contributed by atoms with Crippen molar-refractivity contribution in [3.63, 3.8) is 0 Å². The van der Waals surface area contributed by atoms with Gasteiger partial charge in [0.05, 0.1) is 11.5 Å². The molecule has 0 aromatic rings. The topological polar surface area (TPSA) is 60.2 Å². The summed E-state index contributed by atoms with van der Waals surface area (Å²) in [6.45, 7) is 0. The lowest BCUT2D eigenvalue weighted by Crippen LogP contribution is -2.44. The van der Waals surface area contributed by atoms with Crippen LogP contribution in [0.25, 0.3) is 0 Å². The van der Waals surface area contributed by atoms with Crippen LogP contribution >= 0.6 is 0 Å². The van der Waals surface area contributed by atoms with Crippen LogP contribution in [-0.4, -0.2) is 26.0 Å². The third-order valence-electron chi connectivity index (χ3n) is 3.02. The van der Waals surface area contributed by atoms with E-state index in [1.165, 1.54) is 0 Å². The number of nitrogens with two attached hydrogens (primary N) is 1. The summed E-state index contributed by atoms with van der Waals surface area (Å²) in [7, 11) is -2.79. The Morgan fingerprint density at radius 1 is 1.27 bits per heavy atom. The van der Waals surface area contributed by atoms with E-state index in [1.54, 1.807) is 0 Å². The van der Waals surface area contributed by atoms with Crippen LogP contribution in [0.1, 0.15) is 19.3 Å². The third kappa shape index (κ3) is 1.18. The zero-order valence-electron chi connectivity index (χ0n) is 6.41. The molecule has 0 aromatic carbocycles. The quantitative estimate of drug-likeness (QED) is 0.560. The standard InChI is InChI=1S/C7H13NO2S/c8-6-5-11(9,10)4-3-7(6)1-2-7/h6H,1-5,8H2. The van der Waals surface area contributed by atoms with Crippen molar-refractivity contribution < 1.29 is 8.42 Å². The van der Waals surface area contributed by atoms with E-state index >= 15 is 0 Å². The number of hydrogen-bond donors (Lipinski definition) is 1. The Bertz CT molecular complexity index is 266. The molecule has 1 saturated carbocycles. The minimum absolute atomic E-state index is 0.0822. The Morgan fingerprint density at radius 3 is 2.36 bits per heavy atom. The lowest BCUT2D eigenvalue weighted by molar-refractivity contribution is 0.389. The van der Waals surface area contributed by atoms with Gasteiger partial charge in [-0.15, -0.1) is 0 Å². The molecule has 1 heterocycles. The predicted molar refractivity (Wildman–Crippen MR) is 42.9 cm³/mol. The van der Waals surface area contributed by atoms with Crippen LogP contribution in [-0.2, 0) is 9.84 Å². The van der Waals surface area contributed by atoms with Crippen LogP contribution in [0.4, 0.5) is 0 Å². The molecular formula is C7H13NO2S. The Labute approximate surface area is 66.9 Å². The van der Waals surface area contributed by atoms with Crippen molar-refractivity contribution in [1.82, 2.24) is 0 Å². The zero-order chi connectivity index (χ0) is 8.11. The Kier molecular flexibility index (Phi) is 1.36. The predicted octanol–water partition coefficient (Wildman–Crippen LogP) is -0.0876. The van der Waals surface area contributed by atoms with Crippen LogP contribution in [0.3, 0.4) is 0 Å². The van der Waals surface area contributed by atoms with Crippen molar-refractivity contribution in [2.75, 3.05) is 11.5 Å². The smallest absolute Gasteiger partial charge is 0.151 e. The van der Waals surface area contributed by atoms with Gasteiger partial charge in [-0.05, 0) is 24.7 Å². The molecule has 2 N–H and O–H groups in total. The summed E-state index contributed by atoms with van der Waals surface area (Å²) in [6.07, 6.45) is 3.09. The molecule has 4 heteroatoms. The molecule has 1 atom stereocenters. The molecule has 0 radical (unpaired) electrons. The summed E-state index contributed by atoms with van der Waals surface area (Å²) in [5, 5.41) is 0. The number of rotatable bonds is 0. The summed E-state index contributed by atoms with van der Waals surface area (Å²) >= 11 is 0. The van der Waals surface area contributed by atoms with Gasteiger partial charge in [0.2, 0.25) is 0 Å². The second-order valence-electron chi connectivity index (χ2n) is 3.83. The van der Waals surface area contributed by atoms with Gasteiger partial charge < -0.3 is 5.73 Å². The van der Waals surface area contributed by atoms with Gasteiger partial charge in [0.25, 0.3) is 0 Å². The summed E-state index contributed by atoms with van der Waals surface area (Å²) in [6, 6.07) is -0.0822. The molecule has 3 nitrogen and oxygen atoms in total. The second-order valence-corrected chi connectivity index (χ2v) is 6.06. The average molecular weight is 175 g/mol. The SMILES string of the molecule is NC1CS(=O)(=O)CCC12CC2. The van der Waals surface area contributed by atoms with Crippen LogP contribution in [0, 0.1) is 5.41 Å². The highest BCUT2D eigenvalue weighted by Crippen LogP contribution is 2.53. The van der Waals surface area contributed by atoms with E-state index < -0.39 is 9.84 Å².